The molecule has 3 N–H and O–H groups in total. The van der Waals surface area contributed by atoms with Gasteiger partial charge in [-0.15, -0.1) is 12.3 Å². The van der Waals surface area contributed by atoms with E-state index < -0.39 is 5.54 Å². The summed E-state index contributed by atoms with van der Waals surface area (Å²) in [5, 5.41) is 9.92. The maximum absolute atomic E-state index is 12.7. The number of amides is 2. The summed E-state index contributed by atoms with van der Waals surface area (Å²) in [6, 6.07) is 9.04. The molecule has 0 aliphatic rings. The van der Waals surface area contributed by atoms with E-state index in [1.54, 1.807) is 26.5 Å². The number of methoxy groups -OCH3 is 2. The van der Waals surface area contributed by atoms with Crippen LogP contribution in [0, 0.1) is 12.3 Å². The van der Waals surface area contributed by atoms with Crippen molar-refractivity contribution in [1.82, 2.24) is 15.3 Å². The average molecular weight is 462 g/mol. The zero-order chi connectivity index (χ0) is 24.7. The molecule has 0 spiro atoms. The summed E-state index contributed by atoms with van der Waals surface area (Å²) in [6.07, 6.45) is 8.58. The molecule has 0 atom stereocenters. The number of urea groups is 1. The predicted octanol–water partition coefficient (Wildman–Crippen LogP) is 5.06. The Labute approximate surface area is 200 Å². The van der Waals surface area contributed by atoms with Crippen molar-refractivity contribution in [2.75, 3.05) is 31.4 Å². The van der Waals surface area contributed by atoms with E-state index in [1.807, 2.05) is 45.0 Å². The Balaban J connectivity index is 2.06. The van der Waals surface area contributed by atoms with Gasteiger partial charge in [0.15, 0.2) is 0 Å². The molecule has 1 aromatic heterocycles. The number of ether oxygens (including phenoxy) is 2. The van der Waals surface area contributed by atoms with Crippen LogP contribution in [-0.4, -0.2) is 42.3 Å². The van der Waals surface area contributed by atoms with Gasteiger partial charge in [0.05, 0.1) is 25.4 Å². The lowest BCUT2D eigenvalue weighted by Crippen LogP contribution is -2.43. The van der Waals surface area contributed by atoms with Gasteiger partial charge in [-0.1, -0.05) is 0 Å². The highest BCUT2D eigenvalue weighted by Crippen LogP contribution is 2.36. The van der Waals surface area contributed by atoms with Crippen molar-refractivity contribution in [2.45, 2.75) is 39.2 Å². The minimum Gasteiger partial charge on any atom is -0.497 e. The van der Waals surface area contributed by atoms with E-state index in [0.717, 1.165) is 22.9 Å². The number of terminal acetylenes is 1. The third kappa shape index (κ3) is 6.51. The fraction of sp³-hybridized carbons (Fsp3) is 0.346. The van der Waals surface area contributed by atoms with Crippen molar-refractivity contribution in [3.05, 3.63) is 36.5 Å². The van der Waals surface area contributed by atoms with Crippen LogP contribution in [0.4, 0.5) is 16.4 Å². The van der Waals surface area contributed by atoms with E-state index in [9.17, 15) is 4.79 Å². The standard InChI is InChI=1S/C26H31N5O3/c1-7-8-9-10-27-24-28-16-18-13-21(17-11-19(33-5)14-20(12-17)34-6)23(15-22(18)29-24)30-25(32)31-26(2,3)4/h1,11-16H,8-10H2,2-6H3,(H,27,28,29)(H2,30,31,32). The van der Waals surface area contributed by atoms with Crippen molar-refractivity contribution in [1.29, 1.82) is 0 Å². The second-order valence-electron chi connectivity index (χ2n) is 8.82. The van der Waals surface area contributed by atoms with E-state index >= 15 is 0 Å². The zero-order valence-corrected chi connectivity index (χ0v) is 20.3. The number of nitrogens with one attached hydrogen (secondary N) is 3. The van der Waals surface area contributed by atoms with Gasteiger partial charge in [-0.05, 0) is 57.0 Å². The van der Waals surface area contributed by atoms with Crippen LogP contribution in [0.1, 0.15) is 33.6 Å². The van der Waals surface area contributed by atoms with Crippen LogP contribution in [0.5, 0.6) is 11.5 Å². The molecule has 3 rings (SSSR count). The summed E-state index contributed by atoms with van der Waals surface area (Å²) < 4.78 is 10.9. The molecule has 34 heavy (non-hydrogen) atoms. The summed E-state index contributed by atoms with van der Waals surface area (Å²) in [7, 11) is 3.20. The van der Waals surface area contributed by atoms with Crippen LogP contribution in [0.2, 0.25) is 0 Å². The van der Waals surface area contributed by atoms with Crippen molar-refractivity contribution in [3.63, 3.8) is 0 Å². The Morgan fingerprint density at radius 2 is 1.79 bits per heavy atom. The molecule has 0 radical (unpaired) electrons. The largest absolute Gasteiger partial charge is 0.497 e. The molecule has 8 heteroatoms. The maximum atomic E-state index is 12.7. The number of anilines is 2. The number of nitrogens with zero attached hydrogens (tertiary/aromatic N) is 2. The third-order valence-corrected chi connectivity index (χ3v) is 4.90. The van der Waals surface area contributed by atoms with Gasteiger partial charge in [0.25, 0.3) is 0 Å². The average Bonchev–Trinajstić information content (AvgIpc) is 2.79. The third-order valence-electron chi connectivity index (χ3n) is 4.90. The minimum atomic E-state index is -0.391. The number of fused-ring (bicyclic) bond motifs is 1. The number of rotatable bonds is 8. The number of aromatic nitrogens is 2. The Morgan fingerprint density at radius 1 is 1.09 bits per heavy atom. The van der Waals surface area contributed by atoms with Crippen LogP contribution >= 0.6 is 0 Å². The maximum Gasteiger partial charge on any atom is 0.319 e. The number of benzene rings is 2. The second kappa shape index (κ2) is 10.8. The monoisotopic (exact) mass is 461 g/mol. The van der Waals surface area contributed by atoms with E-state index in [4.69, 9.17) is 15.9 Å². The van der Waals surface area contributed by atoms with E-state index in [2.05, 4.69) is 31.8 Å². The van der Waals surface area contributed by atoms with Crippen molar-refractivity contribution < 1.29 is 14.3 Å². The molecule has 0 bridgehead atoms. The second-order valence-corrected chi connectivity index (χ2v) is 8.82. The van der Waals surface area contributed by atoms with Gasteiger partial charge in [0.2, 0.25) is 5.95 Å². The van der Waals surface area contributed by atoms with Crippen LogP contribution < -0.4 is 25.4 Å². The lowest BCUT2D eigenvalue weighted by atomic mass is 10.0. The van der Waals surface area contributed by atoms with E-state index in [0.29, 0.717) is 41.6 Å². The summed E-state index contributed by atoms with van der Waals surface area (Å²) >= 11 is 0. The summed E-state index contributed by atoms with van der Waals surface area (Å²) in [4.78, 5) is 21.8. The molecule has 0 unspecified atom stereocenters. The first kappa shape index (κ1) is 24.6. The molecule has 0 saturated heterocycles. The fourth-order valence-corrected chi connectivity index (χ4v) is 3.35. The molecule has 2 aromatic carbocycles. The first-order valence-electron chi connectivity index (χ1n) is 11.0. The fourth-order valence-electron chi connectivity index (χ4n) is 3.35. The highest BCUT2D eigenvalue weighted by atomic mass is 16.5. The van der Waals surface area contributed by atoms with Crippen molar-refractivity contribution >= 4 is 28.6 Å². The Kier molecular flexibility index (Phi) is 7.79. The van der Waals surface area contributed by atoms with Crippen LogP contribution in [0.3, 0.4) is 0 Å². The normalized spacial score (nSPS) is 10.9. The molecule has 8 nitrogen and oxygen atoms in total. The van der Waals surface area contributed by atoms with E-state index in [1.165, 1.54) is 0 Å². The highest BCUT2D eigenvalue weighted by molar-refractivity contribution is 6.00. The van der Waals surface area contributed by atoms with Crippen LogP contribution in [-0.2, 0) is 0 Å². The van der Waals surface area contributed by atoms with Gasteiger partial charge in [-0.3, -0.25) is 0 Å². The zero-order valence-electron chi connectivity index (χ0n) is 20.3. The highest BCUT2D eigenvalue weighted by Gasteiger charge is 2.17. The molecule has 2 amide bonds. The molecule has 0 saturated carbocycles. The number of carbonyl (C=O) groups excluding carboxylic acids is 1. The Morgan fingerprint density at radius 3 is 2.41 bits per heavy atom. The Hall–Kier alpha value is -3.99. The molecule has 178 valence electrons. The topological polar surface area (TPSA) is 97.4 Å². The molecule has 0 aliphatic heterocycles. The SMILES string of the molecule is C#CCCCNc1ncc2cc(-c3cc(OC)cc(OC)c3)c(NC(=O)NC(C)(C)C)cc2n1. The first-order chi connectivity index (χ1) is 16.2. The van der Waals surface area contributed by atoms with Gasteiger partial charge >= 0.3 is 6.03 Å². The Bertz CT molecular complexity index is 1190. The smallest absolute Gasteiger partial charge is 0.319 e. The number of hydrogen-bond donors (Lipinski definition) is 3. The molecular weight excluding hydrogens is 430 g/mol. The predicted molar refractivity (Wildman–Crippen MR) is 137 cm³/mol. The lowest BCUT2D eigenvalue weighted by Gasteiger charge is -2.22. The minimum absolute atomic E-state index is 0.315. The van der Waals surface area contributed by atoms with E-state index in [-0.39, 0.29) is 6.03 Å². The van der Waals surface area contributed by atoms with Crippen molar-refractivity contribution in [3.8, 4) is 35.0 Å². The van der Waals surface area contributed by atoms with Crippen molar-refractivity contribution in [2.24, 2.45) is 0 Å². The molecule has 0 fully saturated rings. The number of hydrogen-bond acceptors (Lipinski definition) is 6. The number of carbonyl (C=O) groups is 1. The summed E-state index contributed by atoms with van der Waals surface area (Å²) in [6.45, 7) is 6.45. The molecule has 3 aromatic rings. The molecular formula is C26H31N5O3. The summed E-state index contributed by atoms with van der Waals surface area (Å²) in [5.41, 5.74) is 2.51. The number of unbranched alkanes of at least 4 members (excludes halogenated alkanes) is 1. The van der Waals surface area contributed by atoms with Gasteiger partial charge in [0, 0.05) is 41.7 Å². The first-order valence-corrected chi connectivity index (χ1v) is 11.0. The lowest BCUT2D eigenvalue weighted by molar-refractivity contribution is 0.244. The van der Waals surface area contributed by atoms with Gasteiger partial charge < -0.3 is 25.4 Å². The summed E-state index contributed by atoms with van der Waals surface area (Å²) in [5.74, 6) is 4.41. The van der Waals surface area contributed by atoms with Gasteiger partial charge in [-0.25, -0.2) is 14.8 Å². The van der Waals surface area contributed by atoms with Crippen LogP contribution in [0.25, 0.3) is 22.0 Å². The van der Waals surface area contributed by atoms with Crippen LogP contribution in [0.15, 0.2) is 36.5 Å². The molecule has 0 aliphatic carbocycles. The van der Waals surface area contributed by atoms with Gasteiger partial charge in [0.1, 0.15) is 11.5 Å². The molecule has 1 heterocycles. The van der Waals surface area contributed by atoms with Gasteiger partial charge in [-0.2, -0.15) is 0 Å². The quantitative estimate of drug-likeness (QED) is 0.320.